The third kappa shape index (κ3) is 3.55. The van der Waals surface area contributed by atoms with Gasteiger partial charge in [-0.05, 0) is 36.3 Å². The number of thioether (sulfide) groups is 1. The van der Waals surface area contributed by atoms with Gasteiger partial charge in [0.15, 0.2) is 0 Å². The first kappa shape index (κ1) is 15.8. The first-order valence-electron chi connectivity index (χ1n) is 6.99. The Morgan fingerprint density at radius 3 is 2.90 bits per heavy atom. The summed E-state index contributed by atoms with van der Waals surface area (Å²) >= 11 is 1.82. The molecule has 2 N–H and O–H groups in total. The van der Waals surface area contributed by atoms with Crippen LogP contribution in [0.1, 0.15) is 31.4 Å². The van der Waals surface area contributed by atoms with E-state index in [1.54, 1.807) is 22.5 Å². The summed E-state index contributed by atoms with van der Waals surface area (Å²) in [6.45, 7) is 3.20. The van der Waals surface area contributed by atoms with Crippen molar-refractivity contribution in [2.24, 2.45) is 5.73 Å². The molecule has 112 valence electrons. The van der Waals surface area contributed by atoms with Crippen molar-refractivity contribution in [3.05, 3.63) is 29.8 Å². The van der Waals surface area contributed by atoms with Crippen molar-refractivity contribution in [1.29, 1.82) is 0 Å². The Labute approximate surface area is 125 Å². The molecule has 0 amide bonds. The largest absolute Gasteiger partial charge is 0.324 e. The standard InChI is InChI=1S/C14H22N2O2S2/c1-2-14(15)12-5-3-6-13(11-12)20(17,18)16-7-4-9-19-10-8-16/h3,5-6,11,14H,2,4,7-10,15H2,1H3. The summed E-state index contributed by atoms with van der Waals surface area (Å²) in [5, 5.41) is 0. The number of nitrogens with two attached hydrogens (primary N) is 1. The number of hydrogen-bond donors (Lipinski definition) is 1. The number of sulfonamides is 1. The number of hydrogen-bond acceptors (Lipinski definition) is 4. The van der Waals surface area contributed by atoms with Crippen LogP contribution >= 0.6 is 11.8 Å². The van der Waals surface area contributed by atoms with Gasteiger partial charge in [-0.25, -0.2) is 8.42 Å². The van der Waals surface area contributed by atoms with Gasteiger partial charge in [0.25, 0.3) is 0 Å². The van der Waals surface area contributed by atoms with Crippen molar-refractivity contribution in [2.75, 3.05) is 24.6 Å². The maximum Gasteiger partial charge on any atom is 0.243 e. The molecule has 1 aliphatic heterocycles. The molecule has 0 bridgehead atoms. The third-order valence-corrected chi connectivity index (χ3v) is 6.49. The summed E-state index contributed by atoms with van der Waals surface area (Å²) in [6.07, 6.45) is 1.71. The Balaban J connectivity index is 2.28. The predicted molar refractivity (Wildman–Crippen MR) is 84.4 cm³/mol. The highest BCUT2D eigenvalue weighted by atomic mass is 32.2. The molecular formula is C14H22N2O2S2. The lowest BCUT2D eigenvalue weighted by molar-refractivity contribution is 0.435. The monoisotopic (exact) mass is 314 g/mol. The lowest BCUT2D eigenvalue weighted by Crippen LogP contribution is -2.33. The molecule has 1 fully saturated rings. The first-order chi connectivity index (χ1) is 9.55. The zero-order valence-corrected chi connectivity index (χ0v) is 13.4. The minimum atomic E-state index is -3.39. The molecule has 0 spiro atoms. The zero-order chi connectivity index (χ0) is 14.6. The van der Waals surface area contributed by atoms with Gasteiger partial charge >= 0.3 is 0 Å². The summed E-state index contributed by atoms with van der Waals surface area (Å²) in [4.78, 5) is 0.366. The molecule has 1 heterocycles. The second-order valence-electron chi connectivity index (χ2n) is 4.96. The van der Waals surface area contributed by atoms with Crippen molar-refractivity contribution >= 4 is 21.8 Å². The van der Waals surface area contributed by atoms with E-state index in [-0.39, 0.29) is 6.04 Å². The van der Waals surface area contributed by atoms with Crippen molar-refractivity contribution in [2.45, 2.75) is 30.7 Å². The van der Waals surface area contributed by atoms with Crippen LogP contribution in [0.2, 0.25) is 0 Å². The number of nitrogens with zero attached hydrogens (tertiary/aromatic N) is 1. The van der Waals surface area contributed by atoms with Crippen LogP contribution in [0.3, 0.4) is 0 Å². The Bertz CT molecular complexity index is 538. The van der Waals surface area contributed by atoms with E-state index in [9.17, 15) is 8.42 Å². The summed E-state index contributed by atoms with van der Waals surface area (Å²) in [5.74, 6) is 1.90. The lowest BCUT2D eigenvalue weighted by atomic mass is 10.1. The molecule has 1 aromatic rings. The van der Waals surface area contributed by atoms with E-state index in [1.807, 2.05) is 24.8 Å². The fourth-order valence-corrected chi connectivity index (χ4v) is 4.79. The molecule has 2 rings (SSSR count). The molecular weight excluding hydrogens is 292 g/mol. The van der Waals surface area contributed by atoms with Gasteiger partial charge in [0.2, 0.25) is 10.0 Å². The Hall–Kier alpha value is -0.560. The van der Waals surface area contributed by atoms with E-state index in [0.717, 1.165) is 29.9 Å². The van der Waals surface area contributed by atoms with E-state index < -0.39 is 10.0 Å². The lowest BCUT2D eigenvalue weighted by Gasteiger charge is -2.20. The molecule has 1 unspecified atom stereocenters. The van der Waals surface area contributed by atoms with Crippen LogP contribution in [0.4, 0.5) is 0 Å². The van der Waals surface area contributed by atoms with Crippen LogP contribution < -0.4 is 5.73 Å². The topological polar surface area (TPSA) is 63.4 Å². The van der Waals surface area contributed by atoms with E-state index in [0.29, 0.717) is 18.0 Å². The van der Waals surface area contributed by atoms with E-state index >= 15 is 0 Å². The summed E-state index contributed by atoms with van der Waals surface area (Å²) in [5.41, 5.74) is 6.88. The van der Waals surface area contributed by atoms with E-state index in [2.05, 4.69) is 0 Å². The van der Waals surface area contributed by atoms with Crippen LogP contribution in [-0.4, -0.2) is 37.3 Å². The highest BCUT2D eigenvalue weighted by molar-refractivity contribution is 7.99. The van der Waals surface area contributed by atoms with Crippen molar-refractivity contribution in [3.63, 3.8) is 0 Å². The van der Waals surface area contributed by atoms with Gasteiger partial charge in [-0.3, -0.25) is 0 Å². The van der Waals surface area contributed by atoms with Crippen LogP contribution in [0.5, 0.6) is 0 Å². The fourth-order valence-electron chi connectivity index (χ4n) is 2.25. The summed E-state index contributed by atoms with van der Waals surface area (Å²) in [6, 6.07) is 6.96. The van der Waals surface area contributed by atoms with Crippen molar-refractivity contribution < 1.29 is 8.42 Å². The number of benzene rings is 1. The molecule has 1 saturated heterocycles. The normalized spacial score (nSPS) is 19.5. The van der Waals surface area contributed by atoms with Crippen LogP contribution in [0.25, 0.3) is 0 Å². The molecule has 6 heteroatoms. The van der Waals surface area contributed by atoms with Gasteiger partial charge < -0.3 is 5.73 Å². The highest BCUT2D eigenvalue weighted by Gasteiger charge is 2.25. The number of rotatable bonds is 4. The summed E-state index contributed by atoms with van der Waals surface area (Å²) in [7, 11) is -3.39. The summed E-state index contributed by atoms with van der Waals surface area (Å²) < 4.78 is 27.0. The van der Waals surface area contributed by atoms with Crippen molar-refractivity contribution in [1.82, 2.24) is 4.31 Å². The minimum absolute atomic E-state index is 0.107. The fraction of sp³-hybridized carbons (Fsp3) is 0.571. The molecule has 0 aliphatic carbocycles. The van der Waals surface area contributed by atoms with Crippen LogP contribution in [0, 0.1) is 0 Å². The van der Waals surface area contributed by atoms with Gasteiger partial charge in [-0.15, -0.1) is 0 Å². The Morgan fingerprint density at radius 1 is 1.35 bits per heavy atom. The minimum Gasteiger partial charge on any atom is -0.324 e. The van der Waals surface area contributed by atoms with Gasteiger partial charge in [-0.1, -0.05) is 19.1 Å². The Morgan fingerprint density at radius 2 is 2.15 bits per heavy atom. The molecule has 1 aromatic carbocycles. The van der Waals surface area contributed by atoms with Gasteiger partial charge in [0, 0.05) is 24.9 Å². The first-order valence-corrected chi connectivity index (χ1v) is 9.58. The molecule has 20 heavy (non-hydrogen) atoms. The van der Waals surface area contributed by atoms with Gasteiger partial charge in [0.1, 0.15) is 0 Å². The van der Waals surface area contributed by atoms with Crippen molar-refractivity contribution in [3.8, 4) is 0 Å². The van der Waals surface area contributed by atoms with Crippen LogP contribution in [0.15, 0.2) is 29.2 Å². The quantitative estimate of drug-likeness (QED) is 0.925. The van der Waals surface area contributed by atoms with E-state index in [1.165, 1.54) is 0 Å². The molecule has 0 radical (unpaired) electrons. The maximum absolute atomic E-state index is 12.7. The van der Waals surface area contributed by atoms with Crippen LogP contribution in [-0.2, 0) is 10.0 Å². The molecule has 1 atom stereocenters. The van der Waals surface area contributed by atoms with Gasteiger partial charge in [0.05, 0.1) is 4.90 Å². The molecule has 0 saturated carbocycles. The average molecular weight is 314 g/mol. The zero-order valence-electron chi connectivity index (χ0n) is 11.8. The average Bonchev–Trinajstić information content (AvgIpc) is 2.76. The highest BCUT2D eigenvalue weighted by Crippen LogP contribution is 2.23. The second kappa shape index (κ2) is 6.93. The SMILES string of the molecule is CCC(N)c1cccc(S(=O)(=O)N2CCCSCC2)c1. The maximum atomic E-state index is 12.7. The molecule has 4 nitrogen and oxygen atoms in total. The Kier molecular flexibility index (Phi) is 5.49. The predicted octanol–water partition coefficient (Wildman–Crippen LogP) is 2.22. The molecule has 1 aliphatic rings. The second-order valence-corrected chi connectivity index (χ2v) is 8.12. The smallest absolute Gasteiger partial charge is 0.243 e. The third-order valence-electron chi connectivity index (χ3n) is 3.55. The van der Waals surface area contributed by atoms with Gasteiger partial charge in [-0.2, -0.15) is 16.1 Å². The molecule has 0 aromatic heterocycles. The van der Waals surface area contributed by atoms with E-state index in [4.69, 9.17) is 5.73 Å².